The van der Waals surface area contributed by atoms with E-state index < -0.39 is 10.0 Å². The third kappa shape index (κ3) is 8.64. The van der Waals surface area contributed by atoms with E-state index in [1.54, 1.807) is 0 Å². The molecule has 0 saturated heterocycles. The molecule has 0 heterocycles. The Bertz CT molecular complexity index is 380. The number of sulfonamides is 1. The SMILES string of the molecule is CC(C)NC(N)=NCCS(=O)(=O)NCC1CCC1.I. The van der Waals surface area contributed by atoms with E-state index >= 15 is 0 Å². The summed E-state index contributed by atoms with van der Waals surface area (Å²) in [5.74, 6) is 0.801. The second kappa shape index (κ2) is 8.96. The highest BCUT2D eigenvalue weighted by Gasteiger charge is 2.19. The van der Waals surface area contributed by atoms with Gasteiger partial charge >= 0.3 is 0 Å². The van der Waals surface area contributed by atoms with Crippen molar-refractivity contribution < 1.29 is 8.42 Å². The average molecular weight is 404 g/mol. The second-order valence-corrected chi connectivity index (χ2v) is 6.96. The molecule has 4 N–H and O–H groups in total. The van der Waals surface area contributed by atoms with Gasteiger partial charge in [0.15, 0.2) is 5.96 Å². The van der Waals surface area contributed by atoms with Crippen LogP contribution < -0.4 is 15.8 Å². The van der Waals surface area contributed by atoms with Crippen molar-refractivity contribution in [3.63, 3.8) is 0 Å². The summed E-state index contributed by atoms with van der Waals surface area (Å²) >= 11 is 0. The van der Waals surface area contributed by atoms with Crippen LogP contribution >= 0.6 is 24.0 Å². The van der Waals surface area contributed by atoms with Crippen LogP contribution in [0, 0.1) is 5.92 Å². The Morgan fingerprint density at radius 1 is 1.42 bits per heavy atom. The number of halogens is 1. The van der Waals surface area contributed by atoms with Crippen LogP contribution in [0.2, 0.25) is 0 Å². The quantitative estimate of drug-likeness (QED) is 0.330. The predicted molar refractivity (Wildman–Crippen MR) is 89.3 cm³/mol. The molecule has 1 saturated carbocycles. The summed E-state index contributed by atoms with van der Waals surface area (Å²) in [5.41, 5.74) is 5.58. The third-order valence-electron chi connectivity index (χ3n) is 2.90. The summed E-state index contributed by atoms with van der Waals surface area (Å²) < 4.78 is 25.9. The zero-order valence-electron chi connectivity index (χ0n) is 11.6. The molecule has 0 radical (unpaired) electrons. The zero-order valence-corrected chi connectivity index (χ0v) is 14.7. The molecule has 0 spiro atoms. The number of nitrogens with one attached hydrogen (secondary N) is 2. The zero-order chi connectivity index (χ0) is 13.6. The summed E-state index contributed by atoms with van der Waals surface area (Å²) in [6.07, 6.45) is 3.48. The van der Waals surface area contributed by atoms with Gasteiger partial charge in [0, 0.05) is 12.6 Å². The first-order valence-electron chi connectivity index (χ1n) is 6.43. The van der Waals surface area contributed by atoms with E-state index in [4.69, 9.17) is 5.73 Å². The Hall–Kier alpha value is -0.0900. The molecule has 8 heteroatoms. The van der Waals surface area contributed by atoms with Gasteiger partial charge in [0.1, 0.15) is 0 Å². The fourth-order valence-electron chi connectivity index (χ4n) is 1.64. The Morgan fingerprint density at radius 3 is 2.53 bits per heavy atom. The first-order valence-corrected chi connectivity index (χ1v) is 8.08. The molecule has 6 nitrogen and oxygen atoms in total. The third-order valence-corrected chi connectivity index (χ3v) is 4.22. The molecular weight excluding hydrogens is 379 g/mol. The maximum absolute atomic E-state index is 11.6. The number of nitrogens with zero attached hydrogens (tertiary/aromatic N) is 1. The molecule has 0 aromatic rings. The minimum absolute atomic E-state index is 0. The van der Waals surface area contributed by atoms with E-state index in [9.17, 15) is 8.42 Å². The molecule has 0 aliphatic heterocycles. The van der Waals surface area contributed by atoms with Crippen molar-refractivity contribution >= 4 is 40.0 Å². The van der Waals surface area contributed by atoms with Crippen molar-refractivity contribution in [2.24, 2.45) is 16.6 Å². The molecule has 0 aromatic heterocycles. The lowest BCUT2D eigenvalue weighted by Gasteiger charge is -2.25. The number of nitrogens with two attached hydrogens (primary N) is 1. The van der Waals surface area contributed by atoms with Crippen molar-refractivity contribution in [2.45, 2.75) is 39.2 Å². The first-order chi connectivity index (χ1) is 8.39. The predicted octanol–water partition coefficient (Wildman–Crippen LogP) is 0.637. The van der Waals surface area contributed by atoms with Gasteiger partial charge in [-0.05, 0) is 32.6 Å². The normalized spacial score (nSPS) is 16.9. The molecule has 0 bridgehead atoms. The van der Waals surface area contributed by atoms with Gasteiger partial charge in [-0.15, -0.1) is 24.0 Å². The van der Waals surface area contributed by atoms with Gasteiger partial charge in [-0.25, -0.2) is 13.1 Å². The highest BCUT2D eigenvalue weighted by atomic mass is 127. The van der Waals surface area contributed by atoms with Crippen LogP contribution in [0.15, 0.2) is 4.99 Å². The van der Waals surface area contributed by atoms with Crippen LogP contribution in [0.4, 0.5) is 0 Å². The van der Waals surface area contributed by atoms with Crippen LogP contribution in [0.1, 0.15) is 33.1 Å². The Labute approximate surface area is 133 Å². The molecule has 1 fully saturated rings. The monoisotopic (exact) mass is 404 g/mol. The van der Waals surface area contributed by atoms with Crippen LogP contribution in [0.3, 0.4) is 0 Å². The highest BCUT2D eigenvalue weighted by Crippen LogP contribution is 2.25. The van der Waals surface area contributed by atoms with Crippen molar-refractivity contribution in [2.75, 3.05) is 18.8 Å². The van der Waals surface area contributed by atoms with E-state index in [1.807, 2.05) is 13.8 Å². The Kier molecular flexibility index (Phi) is 8.92. The smallest absolute Gasteiger partial charge is 0.213 e. The molecule has 0 amide bonds. The van der Waals surface area contributed by atoms with Crippen molar-refractivity contribution in [3.8, 4) is 0 Å². The summed E-state index contributed by atoms with van der Waals surface area (Å²) in [4.78, 5) is 3.97. The fourth-order valence-corrected chi connectivity index (χ4v) is 2.61. The summed E-state index contributed by atoms with van der Waals surface area (Å²) in [6, 6.07) is 0.196. The minimum Gasteiger partial charge on any atom is -0.370 e. The van der Waals surface area contributed by atoms with Crippen molar-refractivity contribution in [3.05, 3.63) is 0 Å². The van der Waals surface area contributed by atoms with Gasteiger partial charge in [0.25, 0.3) is 0 Å². The second-order valence-electron chi connectivity index (χ2n) is 5.03. The summed E-state index contributed by atoms with van der Waals surface area (Å²) in [7, 11) is -3.22. The van der Waals surface area contributed by atoms with E-state index in [0.717, 1.165) is 12.8 Å². The van der Waals surface area contributed by atoms with E-state index in [1.165, 1.54) is 6.42 Å². The van der Waals surface area contributed by atoms with Crippen LogP contribution in [0.5, 0.6) is 0 Å². The standard InChI is InChI=1S/C11H24N4O2S.HI/c1-9(2)15-11(12)13-6-7-18(16,17)14-8-10-4-3-5-10;/h9-10,14H,3-8H2,1-2H3,(H3,12,13,15);1H. The molecule has 0 atom stereocenters. The molecule has 0 unspecified atom stereocenters. The molecule has 114 valence electrons. The Balaban J connectivity index is 0.00000324. The fraction of sp³-hybridized carbons (Fsp3) is 0.909. The van der Waals surface area contributed by atoms with Crippen LogP contribution in [-0.2, 0) is 10.0 Å². The van der Waals surface area contributed by atoms with E-state index in [0.29, 0.717) is 18.4 Å². The number of guanidine groups is 1. The molecule has 0 aromatic carbocycles. The number of hydrogen-bond acceptors (Lipinski definition) is 3. The van der Waals surface area contributed by atoms with Gasteiger partial charge in [0.05, 0.1) is 12.3 Å². The minimum atomic E-state index is -3.22. The van der Waals surface area contributed by atoms with Gasteiger partial charge in [0.2, 0.25) is 10.0 Å². The highest BCUT2D eigenvalue weighted by molar-refractivity contribution is 14.0. The lowest BCUT2D eigenvalue weighted by molar-refractivity contribution is 0.316. The van der Waals surface area contributed by atoms with Gasteiger partial charge < -0.3 is 11.1 Å². The van der Waals surface area contributed by atoms with Crippen molar-refractivity contribution in [1.82, 2.24) is 10.0 Å². The molecule has 1 aliphatic rings. The lowest BCUT2D eigenvalue weighted by atomic mass is 9.86. The Morgan fingerprint density at radius 2 is 2.05 bits per heavy atom. The summed E-state index contributed by atoms with van der Waals surface area (Å²) in [6.45, 7) is 4.63. The lowest BCUT2D eigenvalue weighted by Crippen LogP contribution is -2.38. The number of aliphatic imine (C=N–C) groups is 1. The first kappa shape index (κ1) is 18.9. The largest absolute Gasteiger partial charge is 0.370 e. The average Bonchev–Trinajstić information content (AvgIpc) is 2.12. The summed E-state index contributed by atoms with van der Waals surface area (Å²) in [5, 5.41) is 2.91. The van der Waals surface area contributed by atoms with Crippen molar-refractivity contribution in [1.29, 1.82) is 0 Å². The van der Waals surface area contributed by atoms with Gasteiger partial charge in [-0.3, -0.25) is 4.99 Å². The van der Waals surface area contributed by atoms with Crippen LogP contribution in [-0.4, -0.2) is 39.3 Å². The van der Waals surface area contributed by atoms with E-state index in [-0.39, 0.29) is 42.3 Å². The van der Waals surface area contributed by atoms with Crippen LogP contribution in [0.25, 0.3) is 0 Å². The maximum atomic E-state index is 11.6. The number of hydrogen-bond donors (Lipinski definition) is 3. The number of rotatable bonds is 7. The van der Waals surface area contributed by atoms with E-state index in [2.05, 4.69) is 15.0 Å². The molecule has 19 heavy (non-hydrogen) atoms. The maximum Gasteiger partial charge on any atom is 0.213 e. The molecule has 1 aliphatic carbocycles. The van der Waals surface area contributed by atoms with Gasteiger partial charge in [-0.1, -0.05) is 6.42 Å². The molecule has 1 rings (SSSR count). The molecular formula is C11H25IN4O2S. The topological polar surface area (TPSA) is 96.6 Å². The van der Waals surface area contributed by atoms with Gasteiger partial charge in [-0.2, -0.15) is 0 Å².